The molecule has 0 saturated heterocycles. The first-order chi connectivity index (χ1) is 8.37. The molecule has 0 aromatic carbocycles. The van der Waals surface area contributed by atoms with E-state index in [0.29, 0.717) is 6.42 Å². The molecule has 0 radical (unpaired) electrons. The summed E-state index contributed by atoms with van der Waals surface area (Å²) in [6.07, 6.45) is 2.64. The summed E-state index contributed by atoms with van der Waals surface area (Å²) in [5, 5.41) is 0. The molecule has 1 aromatic rings. The van der Waals surface area contributed by atoms with Crippen LogP contribution in [0.2, 0.25) is 0 Å². The summed E-state index contributed by atoms with van der Waals surface area (Å²) in [6, 6.07) is 0.921. The Labute approximate surface area is 111 Å². The van der Waals surface area contributed by atoms with Crippen LogP contribution in [0.1, 0.15) is 13.3 Å². The Morgan fingerprint density at radius 1 is 1.56 bits per heavy atom. The average Bonchev–Trinajstić information content (AvgIpc) is 2.28. The largest absolute Gasteiger partial charge is 0.392 e. The third-order valence-corrected chi connectivity index (χ3v) is 4.06. The van der Waals surface area contributed by atoms with Gasteiger partial charge in [0.2, 0.25) is 10.0 Å². The maximum absolute atomic E-state index is 13.0. The van der Waals surface area contributed by atoms with Crippen molar-refractivity contribution in [3.8, 4) is 0 Å². The van der Waals surface area contributed by atoms with E-state index in [9.17, 15) is 12.8 Å². The van der Waals surface area contributed by atoms with Crippen molar-refractivity contribution in [2.45, 2.75) is 18.2 Å². The van der Waals surface area contributed by atoms with Gasteiger partial charge in [-0.3, -0.25) is 4.98 Å². The van der Waals surface area contributed by atoms with Crippen molar-refractivity contribution in [2.75, 3.05) is 13.1 Å². The van der Waals surface area contributed by atoms with E-state index >= 15 is 0 Å². The van der Waals surface area contributed by atoms with Gasteiger partial charge < -0.3 is 5.73 Å². The quantitative estimate of drug-likeness (QED) is 0.788. The second kappa shape index (κ2) is 6.17. The maximum atomic E-state index is 13.0. The lowest BCUT2D eigenvalue weighted by atomic mass is 10.5. The lowest BCUT2D eigenvalue weighted by Gasteiger charge is -2.20. The van der Waals surface area contributed by atoms with E-state index in [4.69, 9.17) is 18.0 Å². The number of rotatable bonds is 6. The molecule has 1 rings (SSSR count). The number of hydrogen-bond donors (Lipinski definition) is 1. The van der Waals surface area contributed by atoms with E-state index in [-0.39, 0.29) is 23.0 Å². The van der Waals surface area contributed by atoms with Gasteiger partial charge in [0, 0.05) is 12.7 Å². The number of nitrogens with zero attached hydrogens (tertiary/aromatic N) is 2. The molecular formula is C10H14FN3O2S2. The fourth-order valence-electron chi connectivity index (χ4n) is 1.39. The topological polar surface area (TPSA) is 76.3 Å². The van der Waals surface area contributed by atoms with Gasteiger partial charge in [-0.25, -0.2) is 12.8 Å². The smallest absolute Gasteiger partial charge is 0.245 e. The first kappa shape index (κ1) is 14.9. The number of halogens is 1. The summed E-state index contributed by atoms with van der Waals surface area (Å²) in [5.41, 5.74) is 5.36. The second-order valence-corrected chi connectivity index (χ2v) is 6.11. The Hall–Kier alpha value is -1.12. The molecule has 1 aromatic heterocycles. The monoisotopic (exact) mass is 291 g/mol. The van der Waals surface area contributed by atoms with E-state index in [1.54, 1.807) is 0 Å². The van der Waals surface area contributed by atoms with E-state index in [2.05, 4.69) is 4.98 Å². The standard InChI is InChI=1S/C10H14FN3O2S2/c1-2-3-14(7-10(12)17)18(15,16)9-4-8(11)5-13-6-9/h4-6H,2-3,7H2,1H3,(H2,12,17). The minimum Gasteiger partial charge on any atom is -0.392 e. The van der Waals surface area contributed by atoms with E-state index in [1.165, 1.54) is 0 Å². The van der Waals surface area contributed by atoms with Gasteiger partial charge in [-0.15, -0.1) is 0 Å². The van der Waals surface area contributed by atoms with Crippen LogP contribution in [0.15, 0.2) is 23.4 Å². The first-order valence-corrected chi connectivity index (χ1v) is 7.11. The summed E-state index contributed by atoms with van der Waals surface area (Å²) < 4.78 is 38.6. The van der Waals surface area contributed by atoms with E-state index in [1.807, 2.05) is 6.92 Å². The third-order valence-electron chi connectivity index (χ3n) is 2.12. The van der Waals surface area contributed by atoms with Crippen LogP contribution >= 0.6 is 12.2 Å². The summed E-state index contributed by atoms with van der Waals surface area (Å²) in [6.45, 7) is 2.02. The van der Waals surface area contributed by atoms with Crippen molar-refractivity contribution in [1.82, 2.24) is 9.29 Å². The minimum absolute atomic E-state index is 0.0661. The molecule has 0 aliphatic heterocycles. The molecule has 0 fully saturated rings. The molecule has 18 heavy (non-hydrogen) atoms. The molecule has 8 heteroatoms. The number of hydrogen-bond acceptors (Lipinski definition) is 4. The fraction of sp³-hybridized carbons (Fsp3) is 0.400. The van der Waals surface area contributed by atoms with E-state index < -0.39 is 15.8 Å². The van der Waals surface area contributed by atoms with Crippen LogP contribution in [0, 0.1) is 5.82 Å². The first-order valence-electron chi connectivity index (χ1n) is 5.27. The van der Waals surface area contributed by atoms with Gasteiger partial charge in [0.05, 0.1) is 17.7 Å². The Balaban J connectivity index is 3.12. The maximum Gasteiger partial charge on any atom is 0.245 e. The molecule has 1 heterocycles. The van der Waals surface area contributed by atoms with Crippen molar-refractivity contribution in [1.29, 1.82) is 0 Å². The lowest BCUT2D eigenvalue weighted by Crippen LogP contribution is -2.38. The predicted octanol–water partition coefficient (Wildman–Crippen LogP) is 0.908. The Kier molecular flexibility index (Phi) is 5.12. The van der Waals surface area contributed by atoms with Crippen molar-refractivity contribution in [2.24, 2.45) is 5.73 Å². The predicted molar refractivity (Wildman–Crippen MR) is 70.0 cm³/mol. The Bertz CT molecular complexity index is 534. The van der Waals surface area contributed by atoms with Crippen LogP contribution in [0.4, 0.5) is 4.39 Å². The molecule has 100 valence electrons. The lowest BCUT2D eigenvalue weighted by molar-refractivity contribution is 0.448. The minimum atomic E-state index is -3.82. The van der Waals surface area contributed by atoms with Crippen LogP contribution in [0.25, 0.3) is 0 Å². The molecular weight excluding hydrogens is 277 g/mol. The molecule has 0 aliphatic carbocycles. The van der Waals surface area contributed by atoms with Gasteiger partial charge in [0.25, 0.3) is 0 Å². The molecule has 0 saturated carbocycles. The molecule has 0 spiro atoms. The van der Waals surface area contributed by atoms with Crippen LogP contribution < -0.4 is 5.73 Å². The van der Waals surface area contributed by atoms with Crippen LogP contribution in [0.5, 0.6) is 0 Å². The SMILES string of the molecule is CCCN(CC(N)=S)S(=O)(=O)c1cncc(F)c1. The molecule has 0 bridgehead atoms. The number of sulfonamides is 1. The summed E-state index contributed by atoms with van der Waals surface area (Å²) in [4.78, 5) is 3.39. The Morgan fingerprint density at radius 2 is 2.22 bits per heavy atom. The van der Waals surface area contributed by atoms with Gasteiger partial charge in [-0.2, -0.15) is 4.31 Å². The zero-order chi connectivity index (χ0) is 13.8. The van der Waals surface area contributed by atoms with Crippen molar-refractivity contribution in [3.05, 3.63) is 24.3 Å². The normalized spacial score (nSPS) is 11.7. The average molecular weight is 291 g/mol. The van der Waals surface area contributed by atoms with Gasteiger partial charge in [-0.1, -0.05) is 19.1 Å². The molecule has 0 atom stereocenters. The Morgan fingerprint density at radius 3 is 2.72 bits per heavy atom. The van der Waals surface area contributed by atoms with Gasteiger partial charge in [0.1, 0.15) is 10.7 Å². The molecule has 2 N–H and O–H groups in total. The van der Waals surface area contributed by atoms with Gasteiger partial charge in [0.15, 0.2) is 0 Å². The number of thiocarbonyl (C=S) groups is 1. The second-order valence-electron chi connectivity index (χ2n) is 3.64. The van der Waals surface area contributed by atoms with Crippen molar-refractivity contribution < 1.29 is 12.8 Å². The van der Waals surface area contributed by atoms with Gasteiger partial charge in [-0.05, 0) is 12.5 Å². The molecule has 0 aliphatic rings. The summed E-state index contributed by atoms with van der Waals surface area (Å²) in [5.74, 6) is -0.706. The number of aromatic nitrogens is 1. The van der Waals surface area contributed by atoms with Crippen LogP contribution in [0.3, 0.4) is 0 Å². The van der Waals surface area contributed by atoms with Crippen molar-refractivity contribution >= 4 is 27.2 Å². The van der Waals surface area contributed by atoms with Gasteiger partial charge >= 0.3 is 0 Å². The highest BCUT2D eigenvalue weighted by atomic mass is 32.2. The summed E-state index contributed by atoms with van der Waals surface area (Å²) in [7, 11) is -3.82. The van der Waals surface area contributed by atoms with Crippen molar-refractivity contribution in [3.63, 3.8) is 0 Å². The highest BCUT2D eigenvalue weighted by molar-refractivity contribution is 7.89. The number of nitrogens with two attached hydrogens (primary N) is 1. The third kappa shape index (κ3) is 3.69. The molecule has 0 unspecified atom stereocenters. The summed E-state index contributed by atoms with van der Waals surface area (Å²) >= 11 is 4.71. The molecule has 0 amide bonds. The van der Waals surface area contributed by atoms with E-state index in [0.717, 1.165) is 22.8 Å². The highest BCUT2D eigenvalue weighted by Crippen LogP contribution is 2.15. The number of pyridine rings is 1. The highest BCUT2D eigenvalue weighted by Gasteiger charge is 2.24. The van der Waals surface area contributed by atoms with Crippen LogP contribution in [-0.2, 0) is 10.0 Å². The zero-order valence-corrected chi connectivity index (χ0v) is 11.5. The zero-order valence-electron chi connectivity index (χ0n) is 9.84. The van der Waals surface area contributed by atoms with Crippen LogP contribution in [-0.4, -0.2) is 35.8 Å². The molecule has 5 nitrogen and oxygen atoms in total. The fourth-order valence-corrected chi connectivity index (χ4v) is 3.11.